The Bertz CT molecular complexity index is 879. The quantitative estimate of drug-likeness (QED) is 0.687. The zero-order chi connectivity index (χ0) is 20.2. The molecule has 0 radical (unpaired) electrons. The summed E-state index contributed by atoms with van der Waals surface area (Å²) in [5, 5.41) is 20.4. The molecule has 1 heterocycles. The minimum Gasteiger partial charge on any atom is -0.480 e. The van der Waals surface area contributed by atoms with Crippen molar-refractivity contribution < 1.29 is 32.7 Å². The van der Waals surface area contributed by atoms with E-state index in [9.17, 15) is 27.6 Å². The summed E-state index contributed by atoms with van der Waals surface area (Å²) < 4.78 is 40.0. The van der Waals surface area contributed by atoms with Crippen LogP contribution in [0.1, 0.15) is 28.5 Å². The summed E-state index contributed by atoms with van der Waals surface area (Å²) in [6, 6.07) is 2.48. The fourth-order valence-electron chi connectivity index (χ4n) is 2.11. The maximum Gasteiger partial charge on any atom is 0.416 e. The van der Waals surface area contributed by atoms with E-state index in [1.165, 1.54) is 6.20 Å². The lowest BCUT2D eigenvalue weighted by molar-refractivity contribution is -0.138. The molecular weight excluding hydrogens is 371 g/mol. The van der Waals surface area contributed by atoms with Crippen molar-refractivity contribution in [2.24, 2.45) is 0 Å². The van der Waals surface area contributed by atoms with Crippen molar-refractivity contribution in [3.8, 4) is 0 Å². The average Bonchev–Trinajstić information content (AvgIpc) is 2.97. The number of carboxylic acid groups (broad SMARTS) is 1. The van der Waals surface area contributed by atoms with Crippen molar-refractivity contribution in [3.05, 3.63) is 41.2 Å². The van der Waals surface area contributed by atoms with Crippen LogP contribution in [0.25, 0.3) is 0 Å². The standard InChI is InChI=1S/C15H14F3N5O4/c1-8(24)20-11-3-9(2-10(4-11)15(16,17)18)14(27)19-5-12-6-23(22-21-12)7-13(25)26/h2-4,6H,5,7H2,1H3,(H,19,27)(H,20,24)(H,25,26). The second-order valence-electron chi connectivity index (χ2n) is 5.46. The van der Waals surface area contributed by atoms with Crippen LogP contribution in [-0.4, -0.2) is 37.9 Å². The molecule has 0 saturated heterocycles. The number of hydrogen-bond acceptors (Lipinski definition) is 5. The van der Waals surface area contributed by atoms with Crippen LogP contribution < -0.4 is 10.6 Å². The lowest BCUT2D eigenvalue weighted by Gasteiger charge is -2.12. The molecule has 0 aliphatic heterocycles. The molecule has 27 heavy (non-hydrogen) atoms. The van der Waals surface area contributed by atoms with E-state index in [1.54, 1.807) is 0 Å². The summed E-state index contributed by atoms with van der Waals surface area (Å²) in [7, 11) is 0. The molecule has 0 atom stereocenters. The Kier molecular flexibility index (Phi) is 5.78. The molecule has 0 bridgehead atoms. The van der Waals surface area contributed by atoms with Crippen molar-refractivity contribution >= 4 is 23.5 Å². The minimum atomic E-state index is -4.71. The van der Waals surface area contributed by atoms with Crippen LogP contribution in [0.5, 0.6) is 0 Å². The van der Waals surface area contributed by atoms with Crippen molar-refractivity contribution in [2.75, 3.05) is 5.32 Å². The lowest BCUT2D eigenvalue weighted by Crippen LogP contribution is -2.24. The topological polar surface area (TPSA) is 126 Å². The first kappa shape index (κ1) is 19.9. The van der Waals surface area contributed by atoms with E-state index >= 15 is 0 Å². The first-order valence-electron chi connectivity index (χ1n) is 7.43. The first-order chi connectivity index (χ1) is 12.5. The molecule has 0 aliphatic carbocycles. The highest BCUT2D eigenvalue weighted by atomic mass is 19.4. The smallest absolute Gasteiger partial charge is 0.416 e. The molecular formula is C15H14F3N5O4. The molecule has 0 aliphatic rings. The largest absolute Gasteiger partial charge is 0.480 e. The van der Waals surface area contributed by atoms with Gasteiger partial charge in [-0.25, -0.2) is 4.68 Å². The Balaban J connectivity index is 2.15. The average molecular weight is 385 g/mol. The summed E-state index contributed by atoms with van der Waals surface area (Å²) in [4.78, 5) is 33.8. The summed E-state index contributed by atoms with van der Waals surface area (Å²) in [5.41, 5.74) is -1.36. The molecule has 1 aromatic heterocycles. The van der Waals surface area contributed by atoms with Gasteiger partial charge in [-0.05, 0) is 18.2 Å². The number of carboxylic acids is 1. The number of carbonyl (C=O) groups excluding carboxylic acids is 2. The van der Waals surface area contributed by atoms with E-state index in [-0.39, 0.29) is 23.5 Å². The van der Waals surface area contributed by atoms with E-state index < -0.39 is 36.1 Å². The maximum absolute atomic E-state index is 13.0. The number of rotatable bonds is 6. The second kappa shape index (κ2) is 7.85. The predicted octanol–water partition coefficient (Wildman–Crippen LogP) is 1.27. The van der Waals surface area contributed by atoms with Crippen molar-refractivity contribution in [2.45, 2.75) is 26.2 Å². The third-order valence-corrected chi connectivity index (χ3v) is 3.16. The van der Waals surface area contributed by atoms with Crippen molar-refractivity contribution in [1.29, 1.82) is 0 Å². The number of benzene rings is 1. The number of carbonyl (C=O) groups is 3. The van der Waals surface area contributed by atoms with E-state index in [4.69, 9.17) is 5.11 Å². The number of nitrogens with one attached hydrogen (secondary N) is 2. The highest BCUT2D eigenvalue weighted by molar-refractivity contribution is 5.97. The second-order valence-corrected chi connectivity index (χ2v) is 5.46. The van der Waals surface area contributed by atoms with Gasteiger partial charge in [-0.2, -0.15) is 13.2 Å². The van der Waals surface area contributed by atoms with Crippen molar-refractivity contribution in [1.82, 2.24) is 20.3 Å². The molecule has 12 heteroatoms. The summed E-state index contributed by atoms with van der Waals surface area (Å²) in [6.45, 7) is 0.527. The van der Waals surface area contributed by atoms with Gasteiger partial charge in [-0.1, -0.05) is 5.21 Å². The monoisotopic (exact) mass is 385 g/mol. The number of halogens is 3. The van der Waals surface area contributed by atoms with E-state index in [1.807, 2.05) is 0 Å². The Morgan fingerprint density at radius 1 is 1.22 bits per heavy atom. The van der Waals surface area contributed by atoms with Crippen molar-refractivity contribution in [3.63, 3.8) is 0 Å². The van der Waals surface area contributed by atoms with Crippen LogP contribution in [0, 0.1) is 0 Å². The molecule has 0 unspecified atom stereocenters. The third-order valence-electron chi connectivity index (χ3n) is 3.16. The van der Waals surface area contributed by atoms with Gasteiger partial charge >= 0.3 is 12.1 Å². The number of anilines is 1. The van der Waals surface area contributed by atoms with Gasteiger partial charge in [0.25, 0.3) is 5.91 Å². The van der Waals surface area contributed by atoms with E-state index in [0.717, 1.165) is 23.7 Å². The molecule has 3 N–H and O–H groups in total. The molecule has 0 fully saturated rings. The SMILES string of the molecule is CC(=O)Nc1cc(C(=O)NCc2cn(CC(=O)O)nn2)cc(C(F)(F)F)c1. The summed E-state index contributed by atoms with van der Waals surface area (Å²) >= 11 is 0. The van der Waals surface area contributed by atoms with E-state index in [0.29, 0.717) is 6.07 Å². The Morgan fingerprint density at radius 2 is 1.93 bits per heavy atom. The van der Waals surface area contributed by atoms with Crippen LogP contribution in [0.2, 0.25) is 0 Å². The lowest BCUT2D eigenvalue weighted by atomic mass is 10.1. The van der Waals surface area contributed by atoms with Gasteiger partial charge in [0.2, 0.25) is 5.91 Å². The molecule has 2 rings (SSSR count). The molecule has 9 nitrogen and oxygen atoms in total. The van der Waals surface area contributed by atoms with E-state index in [2.05, 4.69) is 20.9 Å². The molecule has 2 aromatic rings. The summed E-state index contributed by atoms with van der Waals surface area (Å²) in [6.07, 6.45) is -3.42. The Hall–Kier alpha value is -3.44. The van der Waals surface area contributed by atoms with Gasteiger partial charge in [0.05, 0.1) is 18.3 Å². The fourth-order valence-corrected chi connectivity index (χ4v) is 2.11. The van der Waals surface area contributed by atoms with Gasteiger partial charge in [0.1, 0.15) is 12.2 Å². The zero-order valence-corrected chi connectivity index (χ0v) is 13.9. The van der Waals surface area contributed by atoms with Crippen LogP contribution in [0.3, 0.4) is 0 Å². The highest BCUT2D eigenvalue weighted by Gasteiger charge is 2.32. The number of hydrogen-bond donors (Lipinski definition) is 3. The number of nitrogens with zero attached hydrogens (tertiary/aromatic N) is 3. The van der Waals surface area contributed by atoms with Gasteiger partial charge < -0.3 is 15.7 Å². The zero-order valence-electron chi connectivity index (χ0n) is 13.9. The highest BCUT2D eigenvalue weighted by Crippen LogP contribution is 2.32. The Labute approximate surface area is 150 Å². The first-order valence-corrected chi connectivity index (χ1v) is 7.43. The number of amides is 2. The number of alkyl halides is 3. The van der Waals surface area contributed by atoms with Gasteiger partial charge in [0.15, 0.2) is 0 Å². The van der Waals surface area contributed by atoms with Crippen LogP contribution in [-0.2, 0) is 28.9 Å². The predicted molar refractivity (Wildman–Crippen MR) is 84.6 cm³/mol. The minimum absolute atomic E-state index is 0.171. The van der Waals surface area contributed by atoms with Crippen LogP contribution in [0.4, 0.5) is 18.9 Å². The summed E-state index contributed by atoms with van der Waals surface area (Å²) in [5.74, 6) is -2.55. The van der Waals surface area contributed by atoms with Crippen LogP contribution >= 0.6 is 0 Å². The third kappa shape index (κ3) is 5.80. The normalized spacial score (nSPS) is 11.1. The molecule has 144 valence electrons. The fraction of sp³-hybridized carbons (Fsp3) is 0.267. The number of aliphatic carboxylic acids is 1. The molecule has 1 aromatic carbocycles. The molecule has 0 saturated carbocycles. The van der Waals surface area contributed by atoms with Gasteiger partial charge in [-0.3, -0.25) is 14.4 Å². The molecule has 2 amide bonds. The van der Waals surface area contributed by atoms with Gasteiger partial charge in [0, 0.05) is 18.2 Å². The van der Waals surface area contributed by atoms with Crippen LogP contribution in [0.15, 0.2) is 24.4 Å². The Morgan fingerprint density at radius 3 is 2.52 bits per heavy atom. The molecule has 0 spiro atoms. The van der Waals surface area contributed by atoms with Gasteiger partial charge in [-0.15, -0.1) is 5.10 Å². The number of aromatic nitrogens is 3. The maximum atomic E-state index is 13.0.